The maximum atomic E-state index is 12.2. The van der Waals surface area contributed by atoms with Gasteiger partial charge < -0.3 is 5.73 Å². The van der Waals surface area contributed by atoms with Gasteiger partial charge in [0.15, 0.2) is 5.82 Å². The number of rotatable bonds is 5. The van der Waals surface area contributed by atoms with E-state index in [9.17, 15) is 8.42 Å². The zero-order chi connectivity index (χ0) is 13.9. The predicted octanol–water partition coefficient (Wildman–Crippen LogP) is 0.907. The van der Waals surface area contributed by atoms with Gasteiger partial charge in [0.05, 0.1) is 0 Å². The van der Waals surface area contributed by atoms with Crippen molar-refractivity contribution in [3.63, 3.8) is 0 Å². The largest absolute Gasteiger partial charge is 0.381 e. The highest BCUT2D eigenvalue weighted by molar-refractivity contribution is 7.99. The highest BCUT2D eigenvalue weighted by Gasteiger charge is 2.23. The average Bonchev–Trinajstić information content (AvgIpc) is 2.80. The molecule has 0 amide bonds. The SMILES string of the molecule is CCn1cc(S(=O)(=O)NCC2CCSCC2)c(N)n1. The molecule has 2 heterocycles. The van der Waals surface area contributed by atoms with Crippen LogP contribution in [0.1, 0.15) is 19.8 Å². The first-order valence-electron chi connectivity index (χ1n) is 6.43. The predicted molar refractivity (Wildman–Crippen MR) is 77.6 cm³/mol. The Labute approximate surface area is 118 Å². The fourth-order valence-electron chi connectivity index (χ4n) is 2.04. The third-order valence-corrected chi connectivity index (χ3v) is 5.76. The third-order valence-electron chi connectivity index (χ3n) is 3.27. The van der Waals surface area contributed by atoms with Crippen molar-refractivity contribution in [3.05, 3.63) is 6.20 Å². The van der Waals surface area contributed by atoms with Gasteiger partial charge >= 0.3 is 0 Å². The first-order valence-corrected chi connectivity index (χ1v) is 9.07. The minimum atomic E-state index is -3.54. The lowest BCUT2D eigenvalue weighted by atomic mass is 10.0. The molecule has 6 nitrogen and oxygen atoms in total. The Morgan fingerprint density at radius 3 is 2.79 bits per heavy atom. The molecule has 3 N–H and O–H groups in total. The minimum Gasteiger partial charge on any atom is -0.381 e. The lowest BCUT2D eigenvalue weighted by molar-refractivity contribution is 0.476. The molecule has 1 fully saturated rings. The molecule has 0 radical (unpaired) electrons. The summed E-state index contributed by atoms with van der Waals surface area (Å²) in [6.07, 6.45) is 3.61. The van der Waals surface area contributed by atoms with Crippen LogP contribution in [0, 0.1) is 5.92 Å². The van der Waals surface area contributed by atoms with Gasteiger partial charge in [0.1, 0.15) is 4.90 Å². The van der Waals surface area contributed by atoms with Crippen LogP contribution in [-0.2, 0) is 16.6 Å². The van der Waals surface area contributed by atoms with Crippen molar-refractivity contribution < 1.29 is 8.42 Å². The lowest BCUT2D eigenvalue weighted by Gasteiger charge is -2.21. The van der Waals surface area contributed by atoms with Crippen LogP contribution in [0.5, 0.6) is 0 Å². The van der Waals surface area contributed by atoms with E-state index in [0.717, 1.165) is 24.3 Å². The Hall–Kier alpha value is -0.730. The number of sulfonamides is 1. The molecule has 0 spiro atoms. The molecule has 1 aromatic rings. The molecule has 0 aromatic carbocycles. The quantitative estimate of drug-likeness (QED) is 0.844. The number of nitrogens with zero attached hydrogens (tertiary/aromatic N) is 2. The van der Waals surface area contributed by atoms with Gasteiger partial charge in [-0.25, -0.2) is 13.1 Å². The van der Waals surface area contributed by atoms with Crippen LogP contribution in [-0.4, -0.2) is 36.2 Å². The number of anilines is 1. The van der Waals surface area contributed by atoms with Gasteiger partial charge in [-0.1, -0.05) is 0 Å². The molecule has 0 aliphatic carbocycles. The Morgan fingerprint density at radius 1 is 1.53 bits per heavy atom. The summed E-state index contributed by atoms with van der Waals surface area (Å²) in [7, 11) is -3.54. The van der Waals surface area contributed by atoms with E-state index in [4.69, 9.17) is 5.73 Å². The van der Waals surface area contributed by atoms with Gasteiger partial charge in [0.2, 0.25) is 10.0 Å². The highest BCUT2D eigenvalue weighted by Crippen LogP contribution is 2.23. The molecule has 0 unspecified atom stereocenters. The summed E-state index contributed by atoms with van der Waals surface area (Å²) in [6, 6.07) is 0. The fourth-order valence-corrected chi connectivity index (χ4v) is 4.43. The van der Waals surface area contributed by atoms with Gasteiger partial charge in [-0.2, -0.15) is 16.9 Å². The van der Waals surface area contributed by atoms with E-state index >= 15 is 0 Å². The van der Waals surface area contributed by atoms with E-state index in [1.807, 2.05) is 18.7 Å². The normalized spacial score (nSPS) is 17.7. The second-order valence-electron chi connectivity index (χ2n) is 4.64. The van der Waals surface area contributed by atoms with Crippen molar-refractivity contribution >= 4 is 27.6 Å². The van der Waals surface area contributed by atoms with Crippen LogP contribution in [0.15, 0.2) is 11.1 Å². The molecule has 2 rings (SSSR count). The maximum Gasteiger partial charge on any atom is 0.245 e. The molecule has 108 valence electrons. The first-order chi connectivity index (χ1) is 9.03. The van der Waals surface area contributed by atoms with E-state index in [-0.39, 0.29) is 10.7 Å². The fraction of sp³-hybridized carbons (Fsp3) is 0.727. The number of thioether (sulfide) groups is 1. The van der Waals surface area contributed by atoms with Crippen molar-refractivity contribution in [3.8, 4) is 0 Å². The lowest BCUT2D eigenvalue weighted by Crippen LogP contribution is -2.31. The molecule has 0 atom stereocenters. The molecule has 8 heteroatoms. The number of nitrogens with one attached hydrogen (secondary N) is 1. The third kappa shape index (κ3) is 3.64. The number of nitrogen functional groups attached to an aromatic ring is 1. The van der Waals surface area contributed by atoms with E-state index in [1.54, 1.807) is 0 Å². The van der Waals surface area contributed by atoms with Crippen LogP contribution >= 0.6 is 11.8 Å². The van der Waals surface area contributed by atoms with E-state index < -0.39 is 10.0 Å². The van der Waals surface area contributed by atoms with Gasteiger partial charge in [-0.3, -0.25) is 4.68 Å². The van der Waals surface area contributed by atoms with E-state index in [1.165, 1.54) is 10.9 Å². The zero-order valence-corrected chi connectivity index (χ0v) is 12.6. The van der Waals surface area contributed by atoms with Crippen LogP contribution in [0.3, 0.4) is 0 Å². The van der Waals surface area contributed by atoms with Crippen molar-refractivity contribution in [2.45, 2.75) is 31.2 Å². The summed E-state index contributed by atoms with van der Waals surface area (Å²) >= 11 is 1.93. The number of aromatic nitrogens is 2. The molecule has 0 saturated carbocycles. The molecular weight excluding hydrogens is 284 g/mol. The Kier molecular flexibility index (Phi) is 4.75. The number of hydrogen-bond acceptors (Lipinski definition) is 5. The van der Waals surface area contributed by atoms with Crippen molar-refractivity contribution in [1.82, 2.24) is 14.5 Å². The van der Waals surface area contributed by atoms with Crippen molar-refractivity contribution in [2.75, 3.05) is 23.8 Å². The monoisotopic (exact) mass is 304 g/mol. The summed E-state index contributed by atoms with van der Waals surface area (Å²) in [5, 5.41) is 3.96. The minimum absolute atomic E-state index is 0.0635. The van der Waals surface area contributed by atoms with Crippen LogP contribution in [0.25, 0.3) is 0 Å². The van der Waals surface area contributed by atoms with Gasteiger partial charge in [0, 0.05) is 19.3 Å². The smallest absolute Gasteiger partial charge is 0.245 e. The average molecular weight is 304 g/mol. The summed E-state index contributed by atoms with van der Waals surface area (Å²) < 4.78 is 28.5. The Balaban J connectivity index is 2.02. The standard InChI is InChI=1S/C11H20N4O2S2/c1-2-15-8-10(11(12)14-15)19(16,17)13-7-9-3-5-18-6-4-9/h8-9,13H,2-7H2,1H3,(H2,12,14). The molecule has 19 heavy (non-hydrogen) atoms. The number of nitrogens with two attached hydrogens (primary N) is 1. The van der Waals surface area contributed by atoms with Crippen molar-refractivity contribution in [2.24, 2.45) is 5.92 Å². The second-order valence-corrected chi connectivity index (χ2v) is 7.60. The van der Waals surface area contributed by atoms with Crippen LogP contribution < -0.4 is 10.5 Å². The maximum absolute atomic E-state index is 12.2. The summed E-state index contributed by atoms with van der Waals surface area (Å²) in [4.78, 5) is 0.0829. The topological polar surface area (TPSA) is 90.0 Å². The molecule has 0 bridgehead atoms. The molecule has 1 aliphatic rings. The van der Waals surface area contributed by atoms with Gasteiger partial charge in [0.25, 0.3) is 0 Å². The summed E-state index contributed by atoms with van der Waals surface area (Å²) in [5.41, 5.74) is 5.66. The van der Waals surface area contributed by atoms with E-state index in [2.05, 4.69) is 9.82 Å². The van der Waals surface area contributed by atoms with Gasteiger partial charge in [-0.15, -0.1) is 0 Å². The molecular formula is C11H20N4O2S2. The molecule has 1 saturated heterocycles. The summed E-state index contributed by atoms with van der Waals surface area (Å²) in [5.74, 6) is 2.72. The van der Waals surface area contributed by atoms with Gasteiger partial charge in [-0.05, 0) is 37.2 Å². The van der Waals surface area contributed by atoms with E-state index in [0.29, 0.717) is 19.0 Å². The Bertz CT molecular complexity index is 521. The molecule has 1 aromatic heterocycles. The van der Waals surface area contributed by atoms with Crippen LogP contribution in [0.2, 0.25) is 0 Å². The second kappa shape index (κ2) is 6.15. The van der Waals surface area contributed by atoms with Crippen LogP contribution in [0.4, 0.5) is 5.82 Å². The van der Waals surface area contributed by atoms with Crippen molar-refractivity contribution in [1.29, 1.82) is 0 Å². The zero-order valence-electron chi connectivity index (χ0n) is 11.0. The highest BCUT2D eigenvalue weighted by atomic mass is 32.2. The number of hydrogen-bond donors (Lipinski definition) is 2. The number of aryl methyl sites for hydroxylation is 1. The first kappa shape index (κ1) is 14.7. The summed E-state index contributed by atoms with van der Waals surface area (Å²) in [6.45, 7) is 2.97. The Morgan fingerprint density at radius 2 is 2.21 bits per heavy atom. The molecule has 1 aliphatic heterocycles.